The maximum atomic E-state index is 13.2. The SMILES string of the molecule is COCCN(C(=O)CCCC(C)=O)C1CC(C(=O)NCCO)=CC(Oc2c(I)cc(CO)cc2OC)C1O. The molecule has 1 aromatic carbocycles. The van der Waals surface area contributed by atoms with E-state index in [1.165, 1.54) is 32.1 Å². The van der Waals surface area contributed by atoms with Gasteiger partial charge in [-0.3, -0.25) is 9.59 Å². The first-order valence-corrected chi connectivity index (χ1v) is 13.4. The lowest BCUT2D eigenvalue weighted by molar-refractivity contribution is -0.139. The number of amides is 2. The van der Waals surface area contributed by atoms with Crippen molar-refractivity contribution in [2.24, 2.45) is 0 Å². The minimum atomic E-state index is -1.21. The van der Waals surface area contributed by atoms with Crippen molar-refractivity contribution in [2.45, 2.75) is 57.5 Å². The summed E-state index contributed by atoms with van der Waals surface area (Å²) in [5.41, 5.74) is 0.904. The van der Waals surface area contributed by atoms with Gasteiger partial charge in [-0.05, 0) is 59.7 Å². The number of hydrogen-bond acceptors (Lipinski definition) is 9. The van der Waals surface area contributed by atoms with Crippen molar-refractivity contribution in [3.63, 3.8) is 0 Å². The second-order valence-electron chi connectivity index (χ2n) is 8.92. The molecule has 2 rings (SSSR count). The number of hydrogen-bond donors (Lipinski definition) is 4. The van der Waals surface area contributed by atoms with Crippen LogP contribution in [0.5, 0.6) is 11.5 Å². The lowest BCUT2D eigenvalue weighted by Crippen LogP contribution is -2.55. The zero-order chi connectivity index (χ0) is 28.2. The molecule has 0 saturated carbocycles. The molecule has 4 N–H and O–H groups in total. The smallest absolute Gasteiger partial charge is 0.247 e. The molecule has 0 saturated heterocycles. The van der Waals surface area contributed by atoms with Crippen LogP contribution in [0.25, 0.3) is 0 Å². The molecule has 0 fully saturated rings. The second kappa shape index (κ2) is 16.0. The number of carbonyl (C=O) groups is 3. The first kappa shape index (κ1) is 32.0. The van der Waals surface area contributed by atoms with Gasteiger partial charge in [0.25, 0.3) is 0 Å². The average molecular weight is 648 g/mol. The van der Waals surface area contributed by atoms with Crippen molar-refractivity contribution in [3.05, 3.63) is 32.9 Å². The van der Waals surface area contributed by atoms with Gasteiger partial charge < -0.3 is 44.5 Å². The Morgan fingerprint density at radius 3 is 2.53 bits per heavy atom. The van der Waals surface area contributed by atoms with Gasteiger partial charge >= 0.3 is 0 Å². The zero-order valence-electron chi connectivity index (χ0n) is 21.9. The Balaban J connectivity index is 2.45. The highest BCUT2D eigenvalue weighted by Gasteiger charge is 2.40. The van der Waals surface area contributed by atoms with Gasteiger partial charge in [0.15, 0.2) is 11.5 Å². The van der Waals surface area contributed by atoms with Gasteiger partial charge in [0.1, 0.15) is 18.0 Å². The van der Waals surface area contributed by atoms with Gasteiger partial charge in [-0.25, -0.2) is 0 Å². The van der Waals surface area contributed by atoms with Gasteiger partial charge in [0, 0.05) is 45.0 Å². The van der Waals surface area contributed by atoms with Gasteiger partial charge in [-0.15, -0.1) is 0 Å². The molecular formula is C26H37IN2O9. The number of carbonyl (C=O) groups excluding carboxylic acids is 3. The maximum absolute atomic E-state index is 13.2. The molecule has 0 radical (unpaired) electrons. The van der Waals surface area contributed by atoms with Crippen molar-refractivity contribution in [2.75, 3.05) is 40.5 Å². The summed E-state index contributed by atoms with van der Waals surface area (Å²) >= 11 is 2.03. The van der Waals surface area contributed by atoms with E-state index in [-0.39, 0.29) is 63.9 Å². The molecule has 212 valence electrons. The molecule has 0 spiro atoms. The number of methoxy groups -OCH3 is 2. The predicted octanol–water partition coefficient (Wildman–Crippen LogP) is 0.942. The Labute approximate surface area is 236 Å². The van der Waals surface area contributed by atoms with E-state index in [0.717, 1.165) is 0 Å². The van der Waals surface area contributed by atoms with Crippen molar-refractivity contribution in [3.8, 4) is 11.5 Å². The summed E-state index contributed by atoms with van der Waals surface area (Å²) in [6.07, 6.45) is 0.0575. The molecule has 38 heavy (non-hydrogen) atoms. The number of benzene rings is 1. The molecule has 0 heterocycles. The number of aliphatic hydroxyl groups is 3. The lowest BCUT2D eigenvalue weighted by atomic mass is 9.88. The van der Waals surface area contributed by atoms with Crippen LogP contribution in [-0.2, 0) is 25.7 Å². The van der Waals surface area contributed by atoms with E-state index in [1.54, 1.807) is 12.1 Å². The Morgan fingerprint density at radius 1 is 1.18 bits per heavy atom. The van der Waals surface area contributed by atoms with Crippen LogP contribution < -0.4 is 14.8 Å². The molecule has 1 aromatic rings. The molecule has 0 bridgehead atoms. The van der Waals surface area contributed by atoms with E-state index in [0.29, 0.717) is 32.6 Å². The number of nitrogens with one attached hydrogen (secondary N) is 1. The summed E-state index contributed by atoms with van der Waals surface area (Å²) in [7, 11) is 2.95. The van der Waals surface area contributed by atoms with E-state index >= 15 is 0 Å². The van der Waals surface area contributed by atoms with Crippen LogP contribution in [0.2, 0.25) is 0 Å². The van der Waals surface area contributed by atoms with E-state index in [1.807, 2.05) is 22.6 Å². The standard InChI is InChI=1S/C26H37IN2O9/c1-16(32)5-4-6-23(33)29(8-10-36-2)20-13-18(26(35)28-7-9-30)14-21(24(20)34)38-25-19(27)11-17(15-31)12-22(25)37-3/h11-12,14,20-21,24,30-31,34H,4-10,13,15H2,1-3H3,(H,28,35). The molecular weight excluding hydrogens is 611 g/mol. The third-order valence-corrected chi connectivity index (χ3v) is 6.92. The van der Waals surface area contributed by atoms with E-state index in [9.17, 15) is 24.6 Å². The summed E-state index contributed by atoms with van der Waals surface area (Å²) in [5.74, 6) is -0.0850. The van der Waals surface area contributed by atoms with Crippen LogP contribution in [0.1, 0.15) is 38.2 Å². The third kappa shape index (κ3) is 8.90. The Hall–Kier alpha value is -2.26. The number of ether oxygens (including phenoxy) is 3. The number of ketones is 1. The largest absolute Gasteiger partial charge is 0.493 e. The van der Waals surface area contributed by atoms with E-state index in [4.69, 9.17) is 19.3 Å². The summed E-state index contributed by atoms with van der Waals surface area (Å²) in [5, 5.41) is 32.7. The van der Waals surface area contributed by atoms with Crippen LogP contribution in [0.3, 0.4) is 0 Å². The van der Waals surface area contributed by atoms with Crippen LogP contribution in [-0.4, -0.2) is 96.6 Å². The predicted molar refractivity (Wildman–Crippen MR) is 147 cm³/mol. The van der Waals surface area contributed by atoms with E-state index in [2.05, 4.69) is 5.32 Å². The fourth-order valence-corrected chi connectivity index (χ4v) is 4.98. The molecule has 0 aliphatic heterocycles. The van der Waals surface area contributed by atoms with Gasteiger partial charge in [0.2, 0.25) is 11.8 Å². The van der Waals surface area contributed by atoms with Crippen molar-refractivity contribution in [1.29, 1.82) is 0 Å². The number of halogens is 1. The highest BCUT2D eigenvalue weighted by atomic mass is 127. The molecule has 11 nitrogen and oxygen atoms in total. The van der Waals surface area contributed by atoms with Crippen LogP contribution in [0.4, 0.5) is 0 Å². The molecule has 2 amide bonds. The molecule has 0 aromatic heterocycles. The number of rotatable bonds is 15. The topological polar surface area (TPSA) is 155 Å². The van der Waals surface area contributed by atoms with Gasteiger partial charge in [-0.2, -0.15) is 0 Å². The molecule has 3 atom stereocenters. The second-order valence-corrected chi connectivity index (χ2v) is 10.1. The Bertz CT molecular complexity index is 1000. The van der Waals surface area contributed by atoms with Gasteiger partial charge in [0.05, 0.1) is 36.5 Å². The minimum absolute atomic E-state index is 0.0195. The Morgan fingerprint density at radius 2 is 1.92 bits per heavy atom. The summed E-state index contributed by atoms with van der Waals surface area (Å²) < 4.78 is 17.5. The highest BCUT2D eigenvalue weighted by molar-refractivity contribution is 14.1. The number of Topliss-reactive ketones (excluding diaryl/α,β-unsaturated/α-hetero) is 1. The van der Waals surface area contributed by atoms with Crippen LogP contribution in [0.15, 0.2) is 23.8 Å². The first-order chi connectivity index (χ1) is 18.2. The van der Waals surface area contributed by atoms with E-state index < -0.39 is 24.2 Å². The highest BCUT2D eigenvalue weighted by Crippen LogP contribution is 2.37. The number of aliphatic hydroxyl groups excluding tert-OH is 3. The monoisotopic (exact) mass is 648 g/mol. The summed E-state index contributed by atoms with van der Waals surface area (Å²) in [6, 6.07) is 2.51. The van der Waals surface area contributed by atoms with Crippen molar-refractivity contribution >= 4 is 40.2 Å². The quantitative estimate of drug-likeness (QED) is 0.204. The molecule has 3 unspecified atom stereocenters. The molecule has 1 aliphatic carbocycles. The van der Waals surface area contributed by atoms with Crippen LogP contribution >= 0.6 is 22.6 Å². The summed E-state index contributed by atoms with van der Waals surface area (Å²) in [6.45, 7) is 1.44. The maximum Gasteiger partial charge on any atom is 0.247 e. The third-order valence-electron chi connectivity index (χ3n) is 6.12. The zero-order valence-corrected chi connectivity index (χ0v) is 24.1. The fraction of sp³-hybridized carbons (Fsp3) is 0.577. The van der Waals surface area contributed by atoms with Crippen molar-refractivity contribution < 1.29 is 43.9 Å². The van der Waals surface area contributed by atoms with Crippen molar-refractivity contribution in [1.82, 2.24) is 10.2 Å². The number of nitrogens with zero attached hydrogens (tertiary/aromatic N) is 1. The van der Waals surface area contributed by atoms with Crippen LogP contribution in [0, 0.1) is 3.57 Å². The lowest BCUT2D eigenvalue weighted by Gasteiger charge is -2.40. The van der Waals surface area contributed by atoms with Gasteiger partial charge in [-0.1, -0.05) is 0 Å². The molecule has 1 aliphatic rings. The first-order valence-electron chi connectivity index (χ1n) is 12.4. The normalized spacial score (nSPS) is 18.9. The average Bonchev–Trinajstić information content (AvgIpc) is 2.89. The Kier molecular flexibility index (Phi) is 13.4. The summed E-state index contributed by atoms with van der Waals surface area (Å²) in [4.78, 5) is 39.0. The fourth-order valence-electron chi connectivity index (χ4n) is 4.19. The minimum Gasteiger partial charge on any atom is -0.493 e. The molecule has 12 heteroatoms.